The van der Waals surface area contributed by atoms with E-state index in [1.807, 2.05) is 0 Å². The van der Waals surface area contributed by atoms with Crippen LogP contribution in [0.3, 0.4) is 0 Å². The van der Waals surface area contributed by atoms with Crippen LogP contribution in [-0.4, -0.2) is 13.2 Å². The van der Waals surface area contributed by atoms with Gasteiger partial charge in [-0.05, 0) is 24.7 Å². The van der Waals surface area contributed by atoms with Gasteiger partial charge in [-0.1, -0.05) is 169 Å². The number of rotatable bonds is 28. The third-order valence-corrected chi connectivity index (χ3v) is 7.14. The van der Waals surface area contributed by atoms with E-state index in [9.17, 15) is 0 Å². The highest BCUT2D eigenvalue weighted by molar-refractivity contribution is 4.52. The van der Waals surface area contributed by atoms with E-state index in [1.165, 1.54) is 154 Å². The molecule has 0 unspecified atom stereocenters. The zero-order valence-corrected chi connectivity index (χ0v) is 23.9. The fourth-order valence-corrected chi connectivity index (χ4v) is 4.80. The minimum absolute atomic E-state index is 0.888. The van der Waals surface area contributed by atoms with Crippen LogP contribution in [0.5, 0.6) is 0 Å². The van der Waals surface area contributed by atoms with Crippen LogP contribution in [0.2, 0.25) is 0 Å². The summed E-state index contributed by atoms with van der Waals surface area (Å²) in [6.07, 6.45) is 34.2. The van der Waals surface area contributed by atoms with Crippen LogP contribution in [-0.2, 0) is 4.74 Å². The predicted octanol–water partition coefficient (Wildman–Crippen LogP) is 11.7. The van der Waals surface area contributed by atoms with Gasteiger partial charge in [0.15, 0.2) is 0 Å². The van der Waals surface area contributed by atoms with Crippen LogP contribution in [0.4, 0.5) is 0 Å². The monoisotopic (exact) mass is 467 g/mol. The van der Waals surface area contributed by atoms with Gasteiger partial charge < -0.3 is 4.74 Å². The SMILES string of the molecule is CC(C)CCCCCCCCCCCCCOCCCCCCCCCCCCCC(C)C. The summed E-state index contributed by atoms with van der Waals surface area (Å²) in [5.74, 6) is 1.78. The molecule has 0 N–H and O–H groups in total. The third kappa shape index (κ3) is 32.0. The van der Waals surface area contributed by atoms with Crippen LogP contribution >= 0.6 is 0 Å². The van der Waals surface area contributed by atoms with Crippen molar-refractivity contribution >= 4 is 0 Å². The van der Waals surface area contributed by atoms with Gasteiger partial charge >= 0.3 is 0 Å². The molecule has 0 radical (unpaired) electrons. The average Bonchev–Trinajstić information content (AvgIpc) is 2.78. The van der Waals surface area contributed by atoms with Crippen molar-refractivity contribution in [3.63, 3.8) is 0 Å². The summed E-state index contributed by atoms with van der Waals surface area (Å²) in [6.45, 7) is 11.3. The van der Waals surface area contributed by atoms with E-state index >= 15 is 0 Å². The lowest BCUT2D eigenvalue weighted by Crippen LogP contribution is -1.97. The first-order chi connectivity index (χ1) is 16.1. The van der Waals surface area contributed by atoms with Crippen molar-refractivity contribution < 1.29 is 4.74 Å². The summed E-state index contributed by atoms with van der Waals surface area (Å²) in [6, 6.07) is 0. The van der Waals surface area contributed by atoms with Gasteiger partial charge in [0.05, 0.1) is 0 Å². The van der Waals surface area contributed by atoms with Crippen LogP contribution in [0, 0.1) is 11.8 Å². The number of hydrogen-bond donors (Lipinski definition) is 0. The minimum Gasteiger partial charge on any atom is -0.381 e. The van der Waals surface area contributed by atoms with E-state index in [2.05, 4.69) is 27.7 Å². The van der Waals surface area contributed by atoms with Crippen molar-refractivity contribution in [2.75, 3.05) is 13.2 Å². The highest BCUT2D eigenvalue weighted by Crippen LogP contribution is 2.15. The van der Waals surface area contributed by atoms with Crippen molar-refractivity contribution in [1.29, 1.82) is 0 Å². The van der Waals surface area contributed by atoms with Crippen molar-refractivity contribution in [3.05, 3.63) is 0 Å². The van der Waals surface area contributed by atoms with Crippen LogP contribution in [0.15, 0.2) is 0 Å². The van der Waals surface area contributed by atoms with Crippen molar-refractivity contribution in [1.82, 2.24) is 0 Å². The molecule has 0 aliphatic heterocycles. The average molecular weight is 467 g/mol. The lowest BCUT2D eigenvalue weighted by atomic mass is 10.0. The summed E-state index contributed by atoms with van der Waals surface area (Å²) in [4.78, 5) is 0. The Morgan fingerprint density at radius 3 is 0.758 bits per heavy atom. The number of ether oxygens (including phenoxy) is 1. The topological polar surface area (TPSA) is 9.23 Å². The van der Waals surface area contributed by atoms with E-state index in [-0.39, 0.29) is 0 Å². The molecule has 0 saturated carbocycles. The Morgan fingerprint density at radius 2 is 0.515 bits per heavy atom. The molecule has 200 valence electrons. The minimum atomic E-state index is 0.888. The molecular weight excluding hydrogens is 400 g/mol. The highest BCUT2D eigenvalue weighted by Gasteiger charge is 1.98. The van der Waals surface area contributed by atoms with Gasteiger partial charge in [-0.15, -0.1) is 0 Å². The molecule has 0 spiro atoms. The molecule has 0 amide bonds. The Balaban J connectivity index is 3.01. The molecule has 0 rings (SSSR count). The smallest absolute Gasteiger partial charge is 0.0466 e. The first kappa shape index (κ1) is 33.0. The van der Waals surface area contributed by atoms with E-state index < -0.39 is 0 Å². The molecule has 1 heteroatoms. The van der Waals surface area contributed by atoms with Gasteiger partial charge in [0.25, 0.3) is 0 Å². The summed E-state index contributed by atoms with van der Waals surface area (Å²) >= 11 is 0. The predicted molar refractivity (Wildman–Crippen MR) is 151 cm³/mol. The Labute approximate surface area is 211 Å². The van der Waals surface area contributed by atoms with Gasteiger partial charge in [0.2, 0.25) is 0 Å². The fraction of sp³-hybridized carbons (Fsp3) is 1.00. The second kappa shape index (κ2) is 28.2. The van der Waals surface area contributed by atoms with Gasteiger partial charge in [-0.2, -0.15) is 0 Å². The third-order valence-electron chi connectivity index (χ3n) is 7.14. The molecule has 0 fully saturated rings. The molecule has 0 aliphatic rings. The van der Waals surface area contributed by atoms with Gasteiger partial charge in [-0.25, -0.2) is 0 Å². The van der Waals surface area contributed by atoms with Crippen molar-refractivity contribution in [3.8, 4) is 0 Å². The highest BCUT2D eigenvalue weighted by atomic mass is 16.5. The summed E-state index contributed by atoms with van der Waals surface area (Å²) < 4.78 is 5.85. The summed E-state index contributed by atoms with van der Waals surface area (Å²) in [5, 5.41) is 0. The largest absolute Gasteiger partial charge is 0.381 e. The van der Waals surface area contributed by atoms with E-state index in [0.29, 0.717) is 0 Å². The number of unbranched alkanes of at least 4 members (excludes halogenated alkanes) is 20. The summed E-state index contributed by atoms with van der Waals surface area (Å²) in [7, 11) is 0. The molecule has 0 aromatic carbocycles. The molecule has 0 aromatic heterocycles. The molecule has 0 saturated heterocycles. The molecule has 0 aliphatic carbocycles. The normalized spacial score (nSPS) is 11.8. The maximum Gasteiger partial charge on any atom is 0.0466 e. The molecule has 0 bridgehead atoms. The second-order valence-corrected chi connectivity index (χ2v) is 11.8. The molecule has 1 nitrogen and oxygen atoms in total. The Morgan fingerprint density at radius 1 is 0.303 bits per heavy atom. The fourth-order valence-electron chi connectivity index (χ4n) is 4.80. The molecular formula is C32H66O. The quantitative estimate of drug-likeness (QED) is 0.104. The first-order valence-corrected chi connectivity index (χ1v) is 15.7. The van der Waals surface area contributed by atoms with Crippen LogP contribution in [0.25, 0.3) is 0 Å². The molecule has 0 heterocycles. The van der Waals surface area contributed by atoms with Crippen LogP contribution in [0.1, 0.15) is 182 Å². The van der Waals surface area contributed by atoms with Crippen LogP contribution < -0.4 is 0 Å². The standard InChI is InChI=1S/C32H66O/c1-31(2)27-23-19-15-11-7-5-9-13-17-21-25-29-33-30-26-22-18-14-10-6-8-12-16-20-24-28-32(3)4/h31-32H,5-30H2,1-4H3. The molecule has 33 heavy (non-hydrogen) atoms. The zero-order chi connectivity index (χ0) is 24.2. The zero-order valence-electron chi connectivity index (χ0n) is 23.9. The maximum absolute atomic E-state index is 5.85. The maximum atomic E-state index is 5.85. The number of hydrogen-bond acceptors (Lipinski definition) is 1. The van der Waals surface area contributed by atoms with Crippen molar-refractivity contribution in [2.24, 2.45) is 11.8 Å². The lowest BCUT2D eigenvalue weighted by molar-refractivity contribution is 0.125. The van der Waals surface area contributed by atoms with E-state index in [1.54, 1.807) is 0 Å². The molecule has 0 atom stereocenters. The van der Waals surface area contributed by atoms with Gasteiger partial charge in [0, 0.05) is 13.2 Å². The van der Waals surface area contributed by atoms with Gasteiger partial charge in [0.1, 0.15) is 0 Å². The van der Waals surface area contributed by atoms with Gasteiger partial charge in [-0.3, -0.25) is 0 Å². The van der Waals surface area contributed by atoms with E-state index in [4.69, 9.17) is 4.74 Å². The Kier molecular flexibility index (Phi) is 28.2. The second-order valence-electron chi connectivity index (χ2n) is 11.8. The first-order valence-electron chi connectivity index (χ1n) is 15.7. The summed E-state index contributed by atoms with van der Waals surface area (Å²) in [5.41, 5.74) is 0. The van der Waals surface area contributed by atoms with E-state index in [0.717, 1.165) is 25.0 Å². The molecule has 0 aromatic rings. The Bertz CT molecular complexity index is 303. The lowest BCUT2D eigenvalue weighted by Gasteiger charge is -2.06. The van der Waals surface area contributed by atoms with Crippen molar-refractivity contribution in [2.45, 2.75) is 182 Å². The Hall–Kier alpha value is -0.0400.